The third-order valence-corrected chi connectivity index (χ3v) is 7.00. The molecule has 0 saturated heterocycles. The number of aromatic nitrogens is 2. The van der Waals surface area contributed by atoms with Gasteiger partial charge in [0.1, 0.15) is 5.82 Å². The average Bonchev–Trinajstić information content (AvgIpc) is 2.99. The minimum Gasteiger partial charge on any atom is -0.383 e. The van der Waals surface area contributed by atoms with Crippen LogP contribution in [0.15, 0.2) is 65.6 Å². The van der Waals surface area contributed by atoms with Gasteiger partial charge in [0.25, 0.3) is 10.0 Å². The van der Waals surface area contributed by atoms with Crippen molar-refractivity contribution in [3.8, 4) is 0 Å². The fourth-order valence-electron chi connectivity index (χ4n) is 3.54. The van der Waals surface area contributed by atoms with Crippen LogP contribution in [0.3, 0.4) is 0 Å². The number of benzene rings is 2. The van der Waals surface area contributed by atoms with Crippen LogP contribution >= 0.6 is 11.6 Å². The highest BCUT2D eigenvalue weighted by Crippen LogP contribution is 2.50. The van der Waals surface area contributed by atoms with E-state index in [9.17, 15) is 8.42 Å². The number of nitrogens with zero attached hydrogens (tertiary/aromatic N) is 2. The largest absolute Gasteiger partial charge is 0.383 e. The van der Waals surface area contributed by atoms with E-state index in [1.807, 2.05) is 24.3 Å². The summed E-state index contributed by atoms with van der Waals surface area (Å²) in [7, 11) is -3.84. The minimum absolute atomic E-state index is 0.0992. The summed E-state index contributed by atoms with van der Waals surface area (Å²) in [5.41, 5.74) is 7.27. The van der Waals surface area contributed by atoms with Crippen molar-refractivity contribution < 1.29 is 8.42 Å². The third-order valence-electron chi connectivity index (χ3n) is 5.06. The zero-order valence-corrected chi connectivity index (χ0v) is 15.5. The van der Waals surface area contributed by atoms with E-state index in [4.69, 9.17) is 17.3 Å². The Morgan fingerprint density at radius 2 is 1.69 bits per heavy atom. The molecule has 2 aromatic carbocycles. The summed E-state index contributed by atoms with van der Waals surface area (Å²) < 4.78 is 26.7. The third kappa shape index (κ3) is 2.52. The summed E-state index contributed by atoms with van der Waals surface area (Å²) >= 11 is 6.42. The maximum atomic E-state index is 12.9. The fraction of sp³-hybridized carbons (Fsp3) is 0.211. The van der Waals surface area contributed by atoms with E-state index in [0.29, 0.717) is 10.7 Å². The zero-order chi connectivity index (χ0) is 18.4. The molecule has 0 bridgehead atoms. The highest BCUT2D eigenvalue weighted by Gasteiger charge is 2.44. The van der Waals surface area contributed by atoms with Gasteiger partial charge in [-0.2, -0.15) is 13.5 Å². The predicted octanol–water partition coefficient (Wildman–Crippen LogP) is 3.83. The Labute approximate surface area is 157 Å². The Kier molecular flexibility index (Phi) is 4.04. The van der Waals surface area contributed by atoms with E-state index in [1.54, 1.807) is 24.3 Å². The maximum Gasteiger partial charge on any atom is 0.284 e. The van der Waals surface area contributed by atoms with Crippen molar-refractivity contribution >= 4 is 27.4 Å². The molecule has 1 aromatic heterocycles. The molecular formula is C19H18ClN3O2S. The maximum absolute atomic E-state index is 12.9. The second kappa shape index (κ2) is 6.14. The van der Waals surface area contributed by atoms with E-state index in [2.05, 4.69) is 5.10 Å². The molecule has 5 nitrogen and oxygen atoms in total. The van der Waals surface area contributed by atoms with Crippen LogP contribution in [-0.4, -0.2) is 17.6 Å². The normalized spacial score (nSPS) is 16.2. The molecule has 7 heteroatoms. The number of halogens is 1. The van der Waals surface area contributed by atoms with Crippen LogP contribution in [-0.2, 0) is 15.4 Å². The molecule has 1 aliphatic carbocycles. The minimum atomic E-state index is -3.84. The van der Waals surface area contributed by atoms with Crippen molar-refractivity contribution in [1.29, 1.82) is 0 Å². The summed E-state index contributed by atoms with van der Waals surface area (Å²) in [6, 6.07) is 17.5. The number of nitrogen functional groups attached to an aromatic ring is 1. The van der Waals surface area contributed by atoms with Crippen LogP contribution in [0.5, 0.6) is 0 Å². The van der Waals surface area contributed by atoms with Gasteiger partial charge >= 0.3 is 0 Å². The molecule has 0 unspecified atom stereocenters. The second-order valence-corrected chi connectivity index (χ2v) is 8.71. The van der Waals surface area contributed by atoms with E-state index in [0.717, 1.165) is 28.9 Å². The summed E-state index contributed by atoms with van der Waals surface area (Å²) in [4.78, 5) is 0.154. The second-order valence-electron chi connectivity index (χ2n) is 6.53. The highest BCUT2D eigenvalue weighted by molar-refractivity contribution is 7.90. The molecular weight excluding hydrogens is 370 g/mol. The van der Waals surface area contributed by atoms with Crippen molar-refractivity contribution in [3.63, 3.8) is 0 Å². The lowest BCUT2D eigenvalue weighted by Gasteiger charge is -2.41. The first-order chi connectivity index (χ1) is 12.4. The lowest BCUT2D eigenvalue weighted by Crippen LogP contribution is -2.36. The Hall–Kier alpha value is -2.31. The van der Waals surface area contributed by atoms with E-state index in [-0.39, 0.29) is 16.1 Å². The van der Waals surface area contributed by atoms with Crippen LogP contribution in [0.1, 0.15) is 30.5 Å². The van der Waals surface area contributed by atoms with Gasteiger partial charge in [0.15, 0.2) is 0 Å². The smallest absolute Gasteiger partial charge is 0.284 e. The van der Waals surface area contributed by atoms with Crippen LogP contribution in [0, 0.1) is 0 Å². The fourth-order valence-corrected chi connectivity index (χ4v) is 5.08. The Morgan fingerprint density at radius 1 is 1.04 bits per heavy atom. The molecule has 4 rings (SSSR count). The van der Waals surface area contributed by atoms with Gasteiger partial charge in [0, 0.05) is 16.5 Å². The number of hydrogen-bond donors (Lipinski definition) is 1. The number of anilines is 1. The summed E-state index contributed by atoms with van der Waals surface area (Å²) in [6.07, 6.45) is 2.75. The monoisotopic (exact) mass is 387 g/mol. The summed E-state index contributed by atoms with van der Waals surface area (Å²) in [5.74, 6) is 0.0992. The first kappa shape index (κ1) is 17.1. The summed E-state index contributed by atoms with van der Waals surface area (Å²) in [5, 5.41) is 5.07. The SMILES string of the molecule is Nc1cc(C2(c3ccccc3Cl)CCC2)nn1S(=O)(=O)c1ccccc1. The van der Waals surface area contributed by atoms with Crippen molar-refractivity contribution in [2.75, 3.05) is 5.73 Å². The van der Waals surface area contributed by atoms with E-state index in [1.165, 1.54) is 12.1 Å². The molecule has 1 heterocycles. The van der Waals surface area contributed by atoms with Gasteiger partial charge in [-0.25, -0.2) is 0 Å². The quantitative estimate of drug-likeness (QED) is 0.738. The van der Waals surface area contributed by atoms with Gasteiger partial charge in [-0.1, -0.05) is 54.4 Å². The molecule has 0 atom stereocenters. The molecule has 0 radical (unpaired) electrons. The predicted molar refractivity (Wildman–Crippen MR) is 102 cm³/mol. The number of hydrogen-bond acceptors (Lipinski definition) is 4. The molecule has 134 valence electrons. The molecule has 1 aliphatic rings. The molecule has 0 amide bonds. The molecule has 2 N–H and O–H groups in total. The average molecular weight is 388 g/mol. The Bertz CT molecular complexity index is 1060. The van der Waals surface area contributed by atoms with E-state index < -0.39 is 10.0 Å². The topological polar surface area (TPSA) is 78.0 Å². The van der Waals surface area contributed by atoms with Gasteiger partial charge in [-0.15, -0.1) is 4.09 Å². The van der Waals surface area contributed by atoms with E-state index >= 15 is 0 Å². The lowest BCUT2D eigenvalue weighted by molar-refractivity contribution is 0.293. The molecule has 0 spiro atoms. The first-order valence-corrected chi connectivity index (χ1v) is 10.2. The van der Waals surface area contributed by atoms with Gasteiger partial charge in [0.05, 0.1) is 10.6 Å². The molecule has 0 aliphatic heterocycles. The van der Waals surface area contributed by atoms with Gasteiger partial charge in [-0.05, 0) is 36.6 Å². The molecule has 1 fully saturated rings. The molecule has 26 heavy (non-hydrogen) atoms. The first-order valence-electron chi connectivity index (χ1n) is 8.37. The van der Waals surface area contributed by atoms with Crippen molar-refractivity contribution in [3.05, 3.63) is 76.9 Å². The van der Waals surface area contributed by atoms with Crippen molar-refractivity contribution in [2.45, 2.75) is 29.6 Å². The van der Waals surface area contributed by atoms with Crippen LogP contribution in [0.2, 0.25) is 5.02 Å². The van der Waals surface area contributed by atoms with Crippen LogP contribution in [0.4, 0.5) is 5.82 Å². The number of rotatable bonds is 4. The highest BCUT2D eigenvalue weighted by atomic mass is 35.5. The summed E-state index contributed by atoms with van der Waals surface area (Å²) in [6.45, 7) is 0. The zero-order valence-electron chi connectivity index (χ0n) is 14.0. The van der Waals surface area contributed by atoms with Crippen LogP contribution < -0.4 is 5.73 Å². The standard InChI is InChI=1S/C19H18ClN3O2S/c20-16-10-5-4-9-15(16)19(11-6-12-19)17-13-18(21)23(22-17)26(24,25)14-7-2-1-3-8-14/h1-5,7-10,13H,6,11-12,21H2. The van der Waals surface area contributed by atoms with Crippen LogP contribution in [0.25, 0.3) is 0 Å². The Morgan fingerprint density at radius 3 is 2.31 bits per heavy atom. The number of nitrogens with two attached hydrogens (primary N) is 1. The van der Waals surface area contributed by atoms with Crippen molar-refractivity contribution in [2.24, 2.45) is 0 Å². The van der Waals surface area contributed by atoms with Gasteiger partial charge < -0.3 is 5.73 Å². The molecule has 3 aromatic rings. The Balaban J connectivity index is 1.84. The lowest BCUT2D eigenvalue weighted by atomic mass is 9.62. The van der Waals surface area contributed by atoms with Gasteiger partial charge in [0.2, 0.25) is 0 Å². The van der Waals surface area contributed by atoms with Crippen molar-refractivity contribution in [1.82, 2.24) is 9.19 Å². The van der Waals surface area contributed by atoms with Gasteiger partial charge in [-0.3, -0.25) is 0 Å². The molecule has 1 saturated carbocycles.